The molecule has 0 fully saturated rings. The number of aromatic amines is 1. The third-order valence-electron chi connectivity index (χ3n) is 2.51. The summed E-state index contributed by atoms with van der Waals surface area (Å²) in [5, 5.41) is 0. The van der Waals surface area contributed by atoms with Crippen molar-refractivity contribution in [3.63, 3.8) is 0 Å². The van der Waals surface area contributed by atoms with E-state index in [1.54, 1.807) is 12.5 Å². The van der Waals surface area contributed by atoms with Gasteiger partial charge in [-0.05, 0) is 18.2 Å². The van der Waals surface area contributed by atoms with Gasteiger partial charge < -0.3 is 4.98 Å². The fourth-order valence-electron chi connectivity index (χ4n) is 1.75. The minimum Gasteiger partial charge on any atom is -0.327 e. The lowest BCUT2D eigenvalue weighted by Crippen LogP contribution is -2.04. The standard InChI is InChI=1S/C12H9N3O.ClH/c16-12-11-10(6-7-13-12)15(8-14-11)9-4-2-1-3-5-9;/h1-8H,(H,13,16);1H. The molecule has 0 aliphatic carbocycles. The predicted octanol–water partition coefficient (Wildman–Crippen LogP) is 2.14. The van der Waals surface area contributed by atoms with E-state index in [2.05, 4.69) is 9.97 Å². The summed E-state index contributed by atoms with van der Waals surface area (Å²) in [6, 6.07) is 11.7. The van der Waals surface area contributed by atoms with E-state index in [0.29, 0.717) is 5.52 Å². The van der Waals surface area contributed by atoms with Gasteiger partial charge in [0, 0.05) is 11.9 Å². The third kappa shape index (κ3) is 1.83. The van der Waals surface area contributed by atoms with Crippen molar-refractivity contribution in [3.8, 4) is 5.69 Å². The van der Waals surface area contributed by atoms with Crippen molar-refractivity contribution < 1.29 is 0 Å². The Kier molecular flexibility index (Phi) is 2.97. The van der Waals surface area contributed by atoms with Crippen LogP contribution in [0.3, 0.4) is 0 Å². The first-order valence-electron chi connectivity index (χ1n) is 4.96. The zero-order chi connectivity index (χ0) is 11.0. The molecule has 0 aliphatic heterocycles. The number of fused-ring (bicyclic) bond motifs is 1. The maximum absolute atomic E-state index is 11.5. The van der Waals surface area contributed by atoms with Crippen LogP contribution in [0.4, 0.5) is 0 Å². The van der Waals surface area contributed by atoms with Crippen molar-refractivity contribution in [3.05, 3.63) is 59.3 Å². The monoisotopic (exact) mass is 247 g/mol. The minimum atomic E-state index is -0.160. The van der Waals surface area contributed by atoms with Gasteiger partial charge in [-0.3, -0.25) is 9.36 Å². The molecule has 1 N–H and O–H groups in total. The molecule has 0 spiro atoms. The number of nitrogens with zero attached hydrogens (tertiary/aromatic N) is 2. The molecule has 86 valence electrons. The van der Waals surface area contributed by atoms with Crippen molar-refractivity contribution in [1.29, 1.82) is 0 Å². The van der Waals surface area contributed by atoms with Gasteiger partial charge in [-0.25, -0.2) is 4.98 Å². The molecule has 2 aromatic heterocycles. The summed E-state index contributed by atoms with van der Waals surface area (Å²) in [5.41, 5.74) is 2.11. The fraction of sp³-hybridized carbons (Fsp3) is 0. The normalized spacial score (nSPS) is 10.1. The summed E-state index contributed by atoms with van der Waals surface area (Å²) in [4.78, 5) is 18.2. The Hall–Kier alpha value is -2.07. The number of H-pyrrole nitrogens is 1. The number of hydrogen-bond donors (Lipinski definition) is 1. The van der Waals surface area contributed by atoms with E-state index in [-0.39, 0.29) is 18.0 Å². The molecule has 1 aromatic carbocycles. The molecule has 3 rings (SSSR count). The van der Waals surface area contributed by atoms with Crippen LogP contribution in [0.15, 0.2) is 53.7 Å². The molecule has 0 bridgehead atoms. The Morgan fingerprint density at radius 2 is 1.88 bits per heavy atom. The smallest absolute Gasteiger partial charge is 0.276 e. The van der Waals surface area contributed by atoms with Crippen molar-refractivity contribution >= 4 is 23.4 Å². The van der Waals surface area contributed by atoms with Crippen LogP contribution in [0, 0.1) is 0 Å². The summed E-state index contributed by atoms with van der Waals surface area (Å²) in [7, 11) is 0. The zero-order valence-electron chi connectivity index (χ0n) is 8.83. The Labute approximate surface area is 103 Å². The highest BCUT2D eigenvalue weighted by atomic mass is 35.5. The zero-order valence-corrected chi connectivity index (χ0v) is 9.65. The number of rotatable bonds is 1. The number of halogens is 1. The second-order valence-electron chi connectivity index (χ2n) is 3.49. The molecule has 2 heterocycles. The maximum atomic E-state index is 11.5. The third-order valence-corrected chi connectivity index (χ3v) is 2.51. The SMILES string of the molecule is Cl.O=c1[nH]ccc2c1ncn2-c1ccccc1. The van der Waals surface area contributed by atoms with Gasteiger partial charge in [0.1, 0.15) is 6.33 Å². The minimum absolute atomic E-state index is 0. The second-order valence-corrected chi connectivity index (χ2v) is 3.49. The van der Waals surface area contributed by atoms with E-state index < -0.39 is 0 Å². The molecule has 4 nitrogen and oxygen atoms in total. The number of benzene rings is 1. The van der Waals surface area contributed by atoms with Crippen LogP contribution < -0.4 is 5.56 Å². The molecular weight excluding hydrogens is 238 g/mol. The van der Waals surface area contributed by atoms with Gasteiger partial charge in [0.2, 0.25) is 0 Å². The molecule has 0 atom stereocenters. The highest BCUT2D eigenvalue weighted by Gasteiger charge is 2.05. The van der Waals surface area contributed by atoms with Crippen LogP contribution >= 0.6 is 12.4 Å². The van der Waals surface area contributed by atoms with Crippen LogP contribution in [0.5, 0.6) is 0 Å². The largest absolute Gasteiger partial charge is 0.327 e. The van der Waals surface area contributed by atoms with Crippen LogP contribution in [-0.2, 0) is 0 Å². The van der Waals surface area contributed by atoms with E-state index in [9.17, 15) is 4.79 Å². The van der Waals surface area contributed by atoms with E-state index in [1.807, 2.05) is 41.0 Å². The number of imidazole rings is 1. The first-order chi connectivity index (χ1) is 7.86. The Bertz CT molecular complexity index is 688. The summed E-state index contributed by atoms with van der Waals surface area (Å²) >= 11 is 0. The Morgan fingerprint density at radius 1 is 1.12 bits per heavy atom. The molecule has 3 aromatic rings. The van der Waals surface area contributed by atoms with Crippen molar-refractivity contribution in [1.82, 2.24) is 14.5 Å². The maximum Gasteiger partial charge on any atom is 0.276 e. The fourth-order valence-corrected chi connectivity index (χ4v) is 1.75. The summed E-state index contributed by atoms with van der Waals surface area (Å²) in [6.45, 7) is 0. The summed E-state index contributed by atoms with van der Waals surface area (Å²) in [6.07, 6.45) is 3.29. The highest BCUT2D eigenvalue weighted by Crippen LogP contribution is 2.14. The van der Waals surface area contributed by atoms with Crippen LogP contribution in [0.1, 0.15) is 0 Å². The Balaban J connectivity index is 0.00000108. The van der Waals surface area contributed by atoms with Gasteiger partial charge >= 0.3 is 0 Å². The second kappa shape index (κ2) is 4.43. The molecule has 0 aliphatic rings. The van der Waals surface area contributed by atoms with Gasteiger partial charge in [-0.15, -0.1) is 12.4 Å². The number of aromatic nitrogens is 3. The molecule has 17 heavy (non-hydrogen) atoms. The van der Waals surface area contributed by atoms with Crippen molar-refractivity contribution in [2.24, 2.45) is 0 Å². The average Bonchev–Trinajstić information content (AvgIpc) is 2.75. The van der Waals surface area contributed by atoms with E-state index in [1.165, 1.54) is 0 Å². The van der Waals surface area contributed by atoms with Gasteiger partial charge in [-0.1, -0.05) is 18.2 Å². The van der Waals surface area contributed by atoms with E-state index >= 15 is 0 Å². The van der Waals surface area contributed by atoms with Gasteiger partial charge in [0.15, 0.2) is 5.52 Å². The first-order valence-corrected chi connectivity index (χ1v) is 4.96. The first kappa shape index (κ1) is 11.4. The number of para-hydroxylation sites is 1. The molecule has 0 unspecified atom stereocenters. The van der Waals surface area contributed by atoms with Crippen LogP contribution in [0.25, 0.3) is 16.7 Å². The molecule has 0 radical (unpaired) electrons. The lowest BCUT2D eigenvalue weighted by Gasteiger charge is -2.02. The van der Waals surface area contributed by atoms with Crippen LogP contribution in [-0.4, -0.2) is 14.5 Å². The van der Waals surface area contributed by atoms with Crippen molar-refractivity contribution in [2.45, 2.75) is 0 Å². The quantitative estimate of drug-likeness (QED) is 0.716. The topological polar surface area (TPSA) is 50.7 Å². The van der Waals surface area contributed by atoms with Crippen LogP contribution in [0.2, 0.25) is 0 Å². The number of pyridine rings is 1. The lowest BCUT2D eigenvalue weighted by molar-refractivity contribution is 1.09. The number of hydrogen-bond acceptors (Lipinski definition) is 2. The predicted molar refractivity (Wildman–Crippen MR) is 68.9 cm³/mol. The van der Waals surface area contributed by atoms with Gasteiger partial charge in [0.05, 0.1) is 5.52 Å². The van der Waals surface area contributed by atoms with Crippen molar-refractivity contribution in [2.75, 3.05) is 0 Å². The van der Waals surface area contributed by atoms with Gasteiger partial charge in [-0.2, -0.15) is 0 Å². The van der Waals surface area contributed by atoms with E-state index in [4.69, 9.17) is 0 Å². The summed E-state index contributed by atoms with van der Waals surface area (Å²) in [5.74, 6) is 0. The number of nitrogens with one attached hydrogen (secondary N) is 1. The summed E-state index contributed by atoms with van der Waals surface area (Å²) < 4.78 is 1.89. The molecule has 5 heteroatoms. The average molecular weight is 248 g/mol. The lowest BCUT2D eigenvalue weighted by atomic mass is 10.3. The molecule has 0 amide bonds. The van der Waals surface area contributed by atoms with E-state index in [0.717, 1.165) is 11.2 Å². The highest BCUT2D eigenvalue weighted by molar-refractivity contribution is 5.85. The molecular formula is C12H10ClN3O. The molecule has 0 saturated carbocycles. The Morgan fingerprint density at radius 3 is 2.65 bits per heavy atom. The molecule has 0 saturated heterocycles. The van der Waals surface area contributed by atoms with Gasteiger partial charge in [0.25, 0.3) is 5.56 Å².